The Morgan fingerprint density at radius 1 is 1.36 bits per heavy atom. The van der Waals surface area contributed by atoms with Gasteiger partial charge in [-0.05, 0) is 12.1 Å². The Labute approximate surface area is 151 Å². The summed E-state index contributed by atoms with van der Waals surface area (Å²) in [5, 5.41) is 14.5. The summed E-state index contributed by atoms with van der Waals surface area (Å²) in [5.41, 5.74) is 1.94. The Hall–Kier alpha value is -1.61. The molecule has 2 aromatic rings. The second-order valence-corrected chi connectivity index (χ2v) is 8.70. The van der Waals surface area contributed by atoms with Crippen molar-refractivity contribution in [2.45, 2.75) is 26.2 Å². The standard InChI is InChI=1S/C17H24N4O3S/c1-17(2,3)15-19-13-6-5-12(11-14(13)24-15)18-16(22)25-20-7-9-21(4,23)10-8-20/h5-6,11H,7-10H2,1-4H3,(H,18,22). The lowest BCUT2D eigenvalue weighted by Crippen LogP contribution is -2.52. The molecule has 136 valence electrons. The topological polar surface area (TPSA) is 81.4 Å². The van der Waals surface area contributed by atoms with Crippen LogP contribution >= 0.6 is 11.9 Å². The van der Waals surface area contributed by atoms with Gasteiger partial charge in [-0.2, -0.15) is 0 Å². The van der Waals surface area contributed by atoms with Crippen LogP contribution in [-0.4, -0.2) is 52.4 Å². The van der Waals surface area contributed by atoms with Gasteiger partial charge >= 0.3 is 0 Å². The van der Waals surface area contributed by atoms with E-state index in [0.29, 0.717) is 43.3 Å². The minimum atomic E-state index is -0.239. The number of anilines is 1. The first kappa shape index (κ1) is 18.2. The highest BCUT2D eigenvalue weighted by Crippen LogP contribution is 2.28. The molecular weight excluding hydrogens is 340 g/mol. The quantitative estimate of drug-likeness (QED) is 0.498. The van der Waals surface area contributed by atoms with Crippen LogP contribution < -0.4 is 5.32 Å². The van der Waals surface area contributed by atoms with Gasteiger partial charge in [0, 0.05) is 29.1 Å². The molecule has 1 aromatic heterocycles. The van der Waals surface area contributed by atoms with Crippen molar-refractivity contribution in [1.29, 1.82) is 0 Å². The molecular formula is C17H24N4O3S. The van der Waals surface area contributed by atoms with Crippen molar-refractivity contribution < 1.29 is 13.9 Å². The van der Waals surface area contributed by atoms with E-state index in [1.807, 2.05) is 37.2 Å². The zero-order valence-corrected chi connectivity index (χ0v) is 15.9. The Kier molecular flexibility index (Phi) is 4.80. The number of quaternary nitrogens is 1. The molecule has 1 N–H and O–H groups in total. The zero-order valence-electron chi connectivity index (χ0n) is 15.0. The second kappa shape index (κ2) is 6.60. The van der Waals surface area contributed by atoms with E-state index in [9.17, 15) is 10.0 Å². The maximum Gasteiger partial charge on any atom is 0.298 e. The van der Waals surface area contributed by atoms with Crippen molar-refractivity contribution >= 4 is 34.0 Å². The fourth-order valence-electron chi connectivity index (χ4n) is 2.54. The van der Waals surface area contributed by atoms with Crippen LogP contribution in [0.25, 0.3) is 11.1 Å². The normalized spacial score (nSPS) is 18.4. The minimum absolute atomic E-state index is 0.166. The van der Waals surface area contributed by atoms with Crippen molar-refractivity contribution in [2.75, 3.05) is 38.5 Å². The van der Waals surface area contributed by atoms with E-state index in [2.05, 4.69) is 10.3 Å². The summed E-state index contributed by atoms with van der Waals surface area (Å²) in [6, 6.07) is 5.45. The lowest BCUT2D eigenvalue weighted by atomic mass is 9.97. The predicted octanol–water partition coefficient (Wildman–Crippen LogP) is 3.57. The van der Waals surface area contributed by atoms with Crippen LogP contribution in [-0.2, 0) is 5.41 Å². The zero-order chi connectivity index (χ0) is 18.2. The first-order valence-corrected chi connectivity index (χ1v) is 9.10. The first-order chi connectivity index (χ1) is 11.6. The van der Waals surface area contributed by atoms with Crippen molar-refractivity contribution in [3.8, 4) is 0 Å². The number of nitrogens with one attached hydrogen (secondary N) is 1. The number of hydroxylamine groups is 3. The van der Waals surface area contributed by atoms with E-state index in [-0.39, 0.29) is 15.3 Å². The molecule has 1 aromatic carbocycles. The van der Waals surface area contributed by atoms with Gasteiger partial charge in [0.1, 0.15) is 5.52 Å². The lowest BCUT2D eigenvalue weighted by molar-refractivity contribution is -0.864. The number of carbonyl (C=O) groups is 1. The van der Waals surface area contributed by atoms with Crippen molar-refractivity contribution in [1.82, 2.24) is 9.29 Å². The number of fused-ring (bicyclic) bond motifs is 1. The molecule has 1 fully saturated rings. The molecule has 1 saturated heterocycles. The van der Waals surface area contributed by atoms with Crippen molar-refractivity contribution in [3.63, 3.8) is 0 Å². The van der Waals surface area contributed by atoms with E-state index >= 15 is 0 Å². The van der Waals surface area contributed by atoms with Crippen molar-refractivity contribution in [3.05, 3.63) is 29.3 Å². The number of likely N-dealkylation sites (N-methyl/N-ethyl adjacent to an activating group) is 1. The van der Waals surface area contributed by atoms with Crippen LogP contribution in [0.1, 0.15) is 26.7 Å². The van der Waals surface area contributed by atoms with Crippen LogP contribution in [0.4, 0.5) is 10.5 Å². The summed E-state index contributed by atoms with van der Waals surface area (Å²) in [6.07, 6.45) is 0. The Balaban J connectivity index is 1.63. The van der Waals surface area contributed by atoms with Gasteiger partial charge in [0.05, 0.1) is 33.2 Å². The molecule has 0 bridgehead atoms. The van der Waals surface area contributed by atoms with Crippen LogP contribution in [0.2, 0.25) is 0 Å². The number of piperazine rings is 1. The Bertz CT molecular complexity index is 772. The monoisotopic (exact) mass is 364 g/mol. The fourth-order valence-corrected chi connectivity index (χ4v) is 3.29. The third-order valence-electron chi connectivity index (χ3n) is 4.13. The number of rotatable bonds is 2. The molecule has 0 saturated carbocycles. The van der Waals surface area contributed by atoms with Crippen LogP contribution in [0.3, 0.4) is 0 Å². The molecule has 8 heteroatoms. The van der Waals surface area contributed by atoms with E-state index in [0.717, 1.165) is 17.5 Å². The highest BCUT2D eigenvalue weighted by molar-refractivity contribution is 8.11. The second-order valence-electron chi connectivity index (χ2n) is 7.63. The summed E-state index contributed by atoms with van der Waals surface area (Å²) in [5.74, 6) is 0.674. The van der Waals surface area contributed by atoms with Gasteiger partial charge in [-0.25, -0.2) is 9.29 Å². The summed E-state index contributed by atoms with van der Waals surface area (Å²) in [7, 11) is 1.67. The number of hydrogen-bond donors (Lipinski definition) is 1. The van der Waals surface area contributed by atoms with Crippen LogP contribution in [0, 0.1) is 5.21 Å². The van der Waals surface area contributed by atoms with Gasteiger partial charge < -0.3 is 19.6 Å². The molecule has 0 unspecified atom stereocenters. The highest BCUT2D eigenvalue weighted by atomic mass is 32.2. The van der Waals surface area contributed by atoms with Crippen molar-refractivity contribution in [2.24, 2.45) is 0 Å². The number of hydrogen-bond acceptors (Lipinski definition) is 6. The van der Waals surface area contributed by atoms with E-state index < -0.39 is 0 Å². The number of oxazole rings is 1. The number of carbonyl (C=O) groups excluding carboxylic acids is 1. The smallest absolute Gasteiger partial charge is 0.298 e. The maximum absolute atomic E-state index is 12.2. The molecule has 1 aliphatic heterocycles. The molecule has 25 heavy (non-hydrogen) atoms. The molecule has 0 spiro atoms. The number of aromatic nitrogens is 1. The van der Waals surface area contributed by atoms with Crippen LogP contribution in [0.5, 0.6) is 0 Å². The Morgan fingerprint density at radius 3 is 2.68 bits per heavy atom. The van der Waals surface area contributed by atoms with Gasteiger partial charge in [0.15, 0.2) is 5.58 Å². The van der Waals surface area contributed by atoms with Gasteiger partial charge in [0.2, 0.25) is 5.89 Å². The van der Waals surface area contributed by atoms with Gasteiger partial charge in [-0.1, -0.05) is 20.8 Å². The highest BCUT2D eigenvalue weighted by Gasteiger charge is 2.24. The predicted molar refractivity (Wildman–Crippen MR) is 100 cm³/mol. The van der Waals surface area contributed by atoms with E-state index in [4.69, 9.17) is 4.42 Å². The molecule has 3 rings (SSSR count). The average molecular weight is 364 g/mol. The number of amides is 1. The lowest BCUT2D eigenvalue weighted by Gasteiger charge is -2.44. The number of benzene rings is 1. The van der Waals surface area contributed by atoms with Gasteiger partial charge in [0.25, 0.3) is 5.24 Å². The molecule has 1 aliphatic rings. The molecule has 1 amide bonds. The molecule has 0 radical (unpaired) electrons. The average Bonchev–Trinajstić information content (AvgIpc) is 2.93. The molecule has 0 aliphatic carbocycles. The first-order valence-electron chi connectivity index (χ1n) is 8.33. The third kappa shape index (κ3) is 4.52. The number of nitrogens with zero attached hydrogens (tertiary/aromatic N) is 3. The Morgan fingerprint density at radius 2 is 2.04 bits per heavy atom. The van der Waals surface area contributed by atoms with E-state index in [1.165, 1.54) is 0 Å². The minimum Gasteiger partial charge on any atom is -0.633 e. The summed E-state index contributed by atoms with van der Waals surface area (Å²) in [6.45, 7) is 8.34. The summed E-state index contributed by atoms with van der Waals surface area (Å²) >= 11 is 1.12. The summed E-state index contributed by atoms with van der Waals surface area (Å²) < 4.78 is 7.50. The molecule has 7 nitrogen and oxygen atoms in total. The third-order valence-corrected chi connectivity index (χ3v) is 5.02. The largest absolute Gasteiger partial charge is 0.633 e. The SMILES string of the molecule is CC(C)(C)c1nc2ccc(NC(=O)SN3CC[N+](C)([O-])CC3)cc2o1. The molecule has 2 heterocycles. The van der Waals surface area contributed by atoms with Gasteiger partial charge in [-0.3, -0.25) is 4.79 Å². The maximum atomic E-state index is 12.2. The van der Waals surface area contributed by atoms with Crippen LogP contribution in [0.15, 0.2) is 22.6 Å². The molecule has 0 atom stereocenters. The summed E-state index contributed by atoms with van der Waals surface area (Å²) in [4.78, 5) is 16.7. The van der Waals surface area contributed by atoms with Gasteiger partial charge in [-0.15, -0.1) is 0 Å². The van der Waals surface area contributed by atoms with E-state index in [1.54, 1.807) is 13.1 Å². The fraction of sp³-hybridized carbons (Fsp3) is 0.529.